The zero-order valence-corrected chi connectivity index (χ0v) is 13.1. The first-order valence-electron chi connectivity index (χ1n) is 7.22. The highest BCUT2D eigenvalue weighted by Gasteiger charge is 2.24. The molecular weight excluding hydrogens is 300 g/mol. The van der Waals surface area contributed by atoms with Crippen molar-refractivity contribution in [3.63, 3.8) is 0 Å². The Labute approximate surface area is 132 Å². The molecule has 0 aromatic carbocycles. The summed E-state index contributed by atoms with van der Waals surface area (Å²) in [6.07, 6.45) is 5.43. The van der Waals surface area contributed by atoms with Gasteiger partial charge in [0.2, 0.25) is 5.95 Å². The lowest BCUT2D eigenvalue weighted by Crippen LogP contribution is -2.48. The maximum Gasteiger partial charge on any atom is 0.271 e. The maximum atomic E-state index is 12.2. The molecule has 3 rings (SSSR count). The second kappa shape index (κ2) is 6.69. The first kappa shape index (κ1) is 14.7. The van der Waals surface area contributed by atoms with E-state index in [1.54, 1.807) is 30.9 Å². The fourth-order valence-electron chi connectivity index (χ4n) is 2.48. The van der Waals surface area contributed by atoms with Crippen LogP contribution in [0.15, 0.2) is 23.8 Å². The molecule has 2 aromatic heterocycles. The molecule has 0 bridgehead atoms. The monoisotopic (exact) mass is 318 g/mol. The molecule has 0 radical (unpaired) electrons. The van der Waals surface area contributed by atoms with Crippen LogP contribution in [0.1, 0.15) is 23.3 Å². The Morgan fingerprint density at radius 2 is 2.23 bits per heavy atom. The molecular formula is C14H18N6OS. The lowest BCUT2D eigenvalue weighted by Gasteiger charge is -2.32. The number of aromatic nitrogens is 3. The highest BCUT2D eigenvalue weighted by atomic mass is 32.1. The lowest BCUT2D eigenvalue weighted by atomic mass is 10.1. The number of hydrogen-bond acceptors (Lipinski definition) is 7. The Morgan fingerprint density at radius 1 is 1.41 bits per heavy atom. The molecule has 1 aliphatic heterocycles. The highest BCUT2D eigenvalue weighted by Crippen LogP contribution is 2.17. The van der Waals surface area contributed by atoms with Gasteiger partial charge in [-0.25, -0.2) is 15.0 Å². The molecule has 1 aliphatic rings. The Balaban J connectivity index is 1.61. The fraction of sp³-hybridized carbons (Fsp3) is 0.429. The Hall–Kier alpha value is -2.22. The SMILES string of the molecule is CNc1nc(C(=O)N[C@H]2CCCN(c3ncccn3)C2)cs1. The van der Waals surface area contributed by atoms with Crippen molar-refractivity contribution in [1.82, 2.24) is 20.3 Å². The average molecular weight is 318 g/mol. The van der Waals surface area contributed by atoms with E-state index in [1.807, 2.05) is 0 Å². The van der Waals surface area contributed by atoms with Gasteiger partial charge in [0.15, 0.2) is 5.13 Å². The summed E-state index contributed by atoms with van der Waals surface area (Å²) in [7, 11) is 1.79. The molecule has 1 amide bonds. The summed E-state index contributed by atoms with van der Waals surface area (Å²) in [5, 5.41) is 8.50. The van der Waals surface area contributed by atoms with Crippen LogP contribution in [0.5, 0.6) is 0 Å². The van der Waals surface area contributed by atoms with Crippen molar-refractivity contribution in [3.05, 3.63) is 29.5 Å². The van der Waals surface area contributed by atoms with Crippen LogP contribution in [0.2, 0.25) is 0 Å². The van der Waals surface area contributed by atoms with Crippen LogP contribution in [0.3, 0.4) is 0 Å². The minimum atomic E-state index is -0.126. The molecule has 0 saturated carbocycles. The number of hydrogen-bond donors (Lipinski definition) is 2. The molecule has 1 fully saturated rings. The van der Waals surface area contributed by atoms with Crippen LogP contribution in [0.25, 0.3) is 0 Å². The molecule has 8 heteroatoms. The summed E-state index contributed by atoms with van der Waals surface area (Å²) >= 11 is 1.42. The smallest absolute Gasteiger partial charge is 0.271 e. The van der Waals surface area contributed by atoms with E-state index in [0.29, 0.717) is 11.6 Å². The van der Waals surface area contributed by atoms with E-state index in [2.05, 4.69) is 30.5 Å². The number of rotatable bonds is 4. The minimum absolute atomic E-state index is 0.0878. The molecule has 0 unspecified atom stereocenters. The molecule has 116 valence electrons. The molecule has 0 aliphatic carbocycles. The van der Waals surface area contributed by atoms with Crippen molar-refractivity contribution in [1.29, 1.82) is 0 Å². The third-order valence-electron chi connectivity index (χ3n) is 3.54. The maximum absolute atomic E-state index is 12.2. The summed E-state index contributed by atoms with van der Waals surface area (Å²) in [6, 6.07) is 1.89. The Kier molecular flexibility index (Phi) is 4.47. The topological polar surface area (TPSA) is 83.0 Å². The van der Waals surface area contributed by atoms with Crippen LogP contribution in [0, 0.1) is 0 Å². The van der Waals surface area contributed by atoms with E-state index in [0.717, 1.165) is 31.1 Å². The predicted molar refractivity (Wildman–Crippen MR) is 86.4 cm³/mol. The first-order chi connectivity index (χ1) is 10.8. The molecule has 1 atom stereocenters. The first-order valence-corrected chi connectivity index (χ1v) is 8.10. The van der Waals surface area contributed by atoms with Crippen LogP contribution < -0.4 is 15.5 Å². The van der Waals surface area contributed by atoms with Gasteiger partial charge in [-0.2, -0.15) is 0 Å². The van der Waals surface area contributed by atoms with Gasteiger partial charge in [-0.3, -0.25) is 4.79 Å². The lowest BCUT2D eigenvalue weighted by molar-refractivity contribution is 0.0929. The molecule has 22 heavy (non-hydrogen) atoms. The number of carbonyl (C=O) groups excluding carboxylic acids is 1. The van der Waals surface area contributed by atoms with Gasteiger partial charge < -0.3 is 15.5 Å². The number of anilines is 2. The van der Waals surface area contributed by atoms with Gasteiger partial charge in [0.05, 0.1) is 0 Å². The third-order valence-corrected chi connectivity index (χ3v) is 4.40. The Morgan fingerprint density at radius 3 is 2.95 bits per heavy atom. The van der Waals surface area contributed by atoms with Crippen LogP contribution in [-0.4, -0.2) is 47.0 Å². The van der Waals surface area contributed by atoms with Crippen LogP contribution in [0.4, 0.5) is 11.1 Å². The molecule has 1 saturated heterocycles. The third kappa shape index (κ3) is 3.33. The summed E-state index contributed by atoms with van der Waals surface area (Å²) in [5.74, 6) is 0.589. The molecule has 3 heterocycles. The van der Waals surface area contributed by atoms with E-state index < -0.39 is 0 Å². The van der Waals surface area contributed by atoms with E-state index in [-0.39, 0.29) is 11.9 Å². The highest BCUT2D eigenvalue weighted by molar-refractivity contribution is 7.13. The van der Waals surface area contributed by atoms with Gasteiger partial charge >= 0.3 is 0 Å². The van der Waals surface area contributed by atoms with Gasteiger partial charge in [0, 0.05) is 44.0 Å². The number of amides is 1. The van der Waals surface area contributed by atoms with Gasteiger partial charge in [-0.15, -0.1) is 11.3 Å². The van der Waals surface area contributed by atoms with Gasteiger partial charge in [0.25, 0.3) is 5.91 Å². The van der Waals surface area contributed by atoms with Gasteiger partial charge in [0.1, 0.15) is 5.69 Å². The van der Waals surface area contributed by atoms with Gasteiger partial charge in [-0.1, -0.05) is 0 Å². The van der Waals surface area contributed by atoms with E-state index in [9.17, 15) is 4.79 Å². The number of nitrogens with zero attached hydrogens (tertiary/aromatic N) is 4. The summed E-state index contributed by atoms with van der Waals surface area (Å²) in [6.45, 7) is 1.63. The van der Waals surface area contributed by atoms with Crippen molar-refractivity contribution in [2.75, 3.05) is 30.4 Å². The predicted octanol–water partition coefficient (Wildman–Crippen LogP) is 1.37. The molecule has 2 N–H and O–H groups in total. The number of nitrogens with one attached hydrogen (secondary N) is 2. The number of carbonyl (C=O) groups is 1. The Bertz CT molecular complexity index is 631. The molecule has 0 spiro atoms. The zero-order valence-electron chi connectivity index (χ0n) is 12.3. The second-order valence-electron chi connectivity index (χ2n) is 5.10. The second-order valence-corrected chi connectivity index (χ2v) is 5.95. The zero-order chi connectivity index (χ0) is 15.4. The summed E-state index contributed by atoms with van der Waals surface area (Å²) < 4.78 is 0. The van der Waals surface area contributed by atoms with Crippen LogP contribution >= 0.6 is 11.3 Å². The quantitative estimate of drug-likeness (QED) is 0.886. The van der Waals surface area contributed by atoms with E-state index in [1.165, 1.54) is 11.3 Å². The number of thiazole rings is 1. The summed E-state index contributed by atoms with van der Waals surface area (Å²) in [4.78, 5) is 27.1. The molecule has 2 aromatic rings. The number of piperidine rings is 1. The normalized spacial score (nSPS) is 18.0. The van der Waals surface area contributed by atoms with Crippen LogP contribution in [-0.2, 0) is 0 Å². The minimum Gasteiger partial charge on any atom is -0.365 e. The van der Waals surface area contributed by atoms with Crippen molar-refractivity contribution in [3.8, 4) is 0 Å². The molecule has 7 nitrogen and oxygen atoms in total. The average Bonchev–Trinajstić information content (AvgIpc) is 3.05. The van der Waals surface area contributed by atoms with Gasteiger partial charge in [-0.05, 0) is 18.9 Å². The largest absolute Gasteiger partial charge is 0.365 e. The van der Waals surface area contributed by atoms with Crippen molar-refractivity contribution in [2.24, 2.45) is 0 Å². The van der Waals surface area contributed by atoms with Crippen molar-refractivity contribution < 1.29 is 4.79 Å². The van der Waals surface area contributed by atoms with E-state index in [4.69, 9.17) is 0 Å². The van der Waals surface area contributed by atoms with E-state index >= 15 is 0 Å². The van der Waals surface area contributed by atoms with Crippen molar-refractivity contribution >= 4 is 28.3 Å². The summed E-state index contributed by atoms with van der Waals surface area (Å²) in [5.41, 5.74) is 0.461. The van der Waals surface area contributed by atoms with Crippen molar-refractivity contribution in [2.45, 2.75) is 18.9 Å². The fourth-order valence-corrected chi connectivity index (χ4v) is 3.14. The standard InChI is InChI=1S/C14H18N6OS/c1-15-14-19-11(9-22-14)12(21)18-10-4-2-7-20(8-10)13-16-5-3-6-17-13/h3,5-6,9-10H,2,4,7-8H2,1H3,(H,15,19)(H,18,21)/t10-/m0/s1.